The van der Waals surface area contributed by atoms with Crippen LogP contribution in [-0.4, -0.2) is 42.1 Å². The number of aromatic amines is 1. The molecule has 2 heterocycles. The highest BCUT2D eigenvalue weighted by atomic mass is 35.5. The summed E-state index contributed by atoms with van der Waals surface area (Å²) in [5, 5.41) is 17.7. The summed E-state index contributed by atoms with van der Waals surface area (Å²) in [6.45, 7) is 2.67. The molecule has 0 saturated carbocycles. The van der Waals surface area contributed by atoms with Crippen LogP contribution in [0.5, 0.6) is 0 Å². The number of tetrazole rings is 1. The predicted molar refractivity (Wildman–Crippen MR) is 139 cm³/mol. The van der Waals surface area contributed by atoms with Crippen molar-refractivity contribution in [2.45, 2.75) is 25.3 Å². The van der Waals surface area contributed by atoms with Crippen LogP contribution in [0.2, 0.25) is 5.02 Å². The van der Waals surface area contributed by atoms with Crippen molar-refractivity contribution in [1.82, 2.24) is 31.1 Å². The van der Waals surface area contributed by atoms with Crippen LogP contribution < -0.4 is 5.43 Å². The molecule has 10 heteroatoms. The Morgan fingerprint density at radius 3 is 2.60 bits per heavy atom. The van der Waals surface area contributed by atoms with E-state index in [0.29, 0.717) is 28.1 Å². The molecule has 1 unspecified atom stereocenters. The number of amides is 1. The van der Waals surface area contributed by atoms with Gasteiger partial charge in [0.05, 0.1) is 11.9 Å². The smallest absolute Gasteiger partial charge is 0.279 e. The number of hydrogen-bond acceptors (Lipinski definition) is 6. The first kappa shape index (κ1) is 23.2. The molecule has 1 atom stereocenters. The molecule has 1 aliphatic rings. The van der Waals surface area contributed by atoms with Gasteiger partial charge in [-0.3, -0.25) is 9.80 Å². The molecule has 5 rings (SSSR count). The summed E-state index contributed by atoms with van der Waals surface area (Å²) in [7, 11) is 0. The highest BCUT2D eigenvalue weighted by Crippen LogP contribution is 2.31. The average Bonchev–Trinajstić information content (AvgIpc) is 3.55. The minimum Gasteiger partial charge on any atom is -0.281 e. The van der Waals surface area contributed by atoms with Crippen LogP contribution in [-0.2, 0) is 6.54 Å². The number of rotatable bonds is 6. The van der Waals surface area contributed by atoms with Crippen molar-refractivity contribution in [3.8, 4) is 22.5 Å². The molecule has 1 aromatic heterocycles. The molecule has 1 fully saturated rings. The normalized spacial score (nSPS) is 16.7. The fourth-order valence-corrected chi connectivity index (χ4v) is 4.94. The number of amidine groups is 1. The largest absolute Gasteiger partial charge is 0.281 e. The van der Waals surface area contributed by atoms with Crippen molar-refractivity contribution in [2.75, 3.05) is 0 Å². The van der Waals surface area contributed by atoms with Gasteiger partial charge in [-0.1, -0.05) is 84.9 Å². The van der Waals surface area contributed by atoms with E-state index < -0.39 is 0 Å². The minimum atomic E-state index is -0.313. The minimum absolute atomic E-state index is 0.155. The summed E-state index contributed by atoms with van der Waals surface area (Å²) in [6.07, 6.45) is 0.900. The molecule has 0 spiro atoms. The van der Waals surface area contributed by atoms with Crippen LogP contribution in [0.1, 0.15) is 29.3 Å². The lowest BCUT2D eigenvalue weighted by Gasteiger charge is -2.19. The number of aromatic nitrogens is 4. The zero-order valence-corrected chi connectivity index (χ0v) is 20.4. The number of thioether (sulfide) groups is 1. The lowest BCUT2D eigenvalue weighted by Crippen LogP contribution is -2.37. The maximum Gasteiger partial charge on any atom is 0.279 e. The van der Waals surface area contributed by atoms with E-state index >= 15 is 0 Å². The van der Waals surface area contributed by atoms with Crippen molar-refractivity contribution in [2.24, 2.45) is 4.99 Å². The molecule has 1 saturated heterocycles. The summed E-state index contributed by atoms with van der Waals surface area (Å²) in [5.74, 6) is 0.241. The van der Waals surface area contributed by atoms with E-state index in [0.717, 1.165) is 28.7 Å². The van der Waals surface area contributed by atoms with Gasteiger partial charge in [-0.15, -0.1) is 10.2 Å². The first-order chi connectivity index (χ1) is 17.1. The molecule has 35 heavy (non-hydrogen) atoms. The van der Waals surface area contributed by atoms with E-state index in [4.69, 9.17) is 11.6 Å². The molecule has 176 valence electrons. The van der Waals surface area contributed by atoms with Gasteiger partial charge < -0.3 is 0 Å². The molecule has 1 aliphatic heterocycles. The molecule has 1 amide bonds. The van der Waals surface area contributed by atoms with Gasteiger partial charge in [-0.2, -0.15) is 10.2 Å². The van der Waals surface area contributed by atoms with Crippen molar-refractivity contribution >= 4 is 34.4 Å². The third kappa shape index (κ3) is 5.27. The second-order valence-corrected chi connectivity index (χ2v) is 9.52. The van der Waals surface area contributed by atoms with Gasteiger partial charge in [0.2, 0.25) is 5.82 Å². The molecule has 3 aromatic carbocycles. The predicted octanol–water partition coefficient (Wildman–Crippen LogP) is 5.17. The maximum absolute atomic E-state index is 12.7. The molecule has 0 aliphatic carbocycles. The standard InChI is InChI=1S/C25H22ClN7OS/c1-2-22-30-33(25(35-22)27-24(34)18-6-5-7-19(26)14-18)15-16-10-12-17(13-11-16)20-8-3-4-9-21(20)23-28-31-32-29-23/h3-14,22,30H,2,15H2,1H3,(H,28,29,31,32). The van der Waals surface area contributed by atoms with E-state index in [1.165, 1.54) is 0 Å². The number of carbonyl (C=O) groups excluding carboxylic acids is 1. The Morgan fingerprint density at radius 2 is 1.89 bits per heavy atom. The number of H-pyrrole nitrogens is 1. The Hall–Kier alpha value is -3.53. The summed E-state index contributed by atoms with van der Waals surface area (Å²) in [4.78, 5) is 17.1. The van der Waals surface area contributed by atoms with Crippen LogP contribution in [0, 0.1) is 0 Å². The maximum atomic E-state index is 12.7. The van der Waals surface area contributed by atoms with E-state index in [-0.39, 0.29) is 11.3 Å². The first-order valence-electron chi connectivity index (χ1n) is 11.1. The van der Waals surface area contributed by atoms with Crippen LogP contribution >= 0.6 is 23.4 Å². The molecule has 0 radical (unpaired) electrons. The van der Waals surface area contributed by atoms with E-state index in [1.807, 2.05) is 29.3 Å². The van der Waals surface area contributed by atoms with Gasteiger partial charge in [0.15, 0.2) is 5.17 Å². The van der Waals surface area contributed by atoms with Gasteiger partial charge in [0.25, 0.3) is 5.91 Å². The highest BCUT2D eigenvalue weighted by Gasteiger charge is 2.28. The quantitative estimate of drug-likeness (QED) is 0.374. The van der Waals surface area contributed by atoms with Gasteiger partial charge in [-0.25, -0.2) is 5.43 Å². The van der Waals surface area contributed by atoms with Crippen molar-refractivity contribution in [3.63, 3.8) is 0 Å². The van der Waals surface area contributed by atoms with E-state index in [9.17, 15) is 4.79 Å². The van der Waals surface area contributed by atoms with Crippen LogP contribution in [0.15, 0.2) is 77.8 Å². The van der Waals surface area contributed by atoms with Gasteiger partial charge in [-0.05, 0) is 46.5 Å². The Bertz CT molecular complexity index is 1360. The van der Waals surface area contributed by atoms with Crippen molar-refractivity contribution in [1.29, 1.82) is 0 Å². The number of aliphatic imine (C=N–C) groups is 1. The van der Waals surface area contributed by atoms with E-state index in [2.05, 4.69) is 62.2 Å². The zero-order valence-electron chi connectivity index (χ0n) is 18.9. The average molecular weight is 504 g/mol. The topological polar surface area (TPSA) is 99.2 Å². The van der Waals surface area contributed by atoms with Crippen molar-refractivity contribution < 1.29 is 4.79 Å². The number of hydrazine groups is 1. The van der Waals surface area contributed by atoms with Crippen LogP contribution in [0.4, 0.5) is 0 Å². The first-order valence-corrected chi connectivity index (χ1v) is 12.4. The highest BCUT2D eigenvalue weighted by molar-refractivity contribution is 8.14. The SMILES string of the molecule is CCC1NN(Cc2ccc(-c3ccccc3-c3nn[nH]n3)cc2)C(=NC(=O)c2cccc(Cl)c2)S1. The molecule has 8 nitrogen and oxygen atoms in total. The molecule has 2 N–H and O–H groups in total. The molecule has 0 bridgehead atoms. The second kappa shape index (κ2) is 10.4. The Balaban J connectivity index is 1.36. The number of carbonyl (C=O) groups is 1. The Kier molecular flexibility index (Phi) is 6.89. The van der Waals surface area contributed by atoms with Gasteiger partial charge in [0.1, 0.15) is 0 Å². The number of nitrogens with zero attached hydrogens (tertiary/aromatic N) is 5. The van der Waals surface area contributed by atoms with Gasteiger partial charge >= 0.3 is 0 Å². The molecular weight excluding hydrogens is 482 g/mol. The Labute approximate surface area is 211 Å². The van der Waals surface area contributed by atoms with Gasteiger partial charge in [0, 0.05) is 16.1 Å². The summed E-state index contributed by atoms with van der Waals surface area (Å²) in [6, 6.07) is 23.1. The number of halogens is 1. The summed E-state index contributed by atoms with van der Waals surface area (Å²) < 4.78 is 0. The lowest BCUT2D eigenvalue weighted by atomic mass is 9.98. The third-order valence-electron chi connectivity index (χ3n) is 5.54. The van der Waals surface area contributed by atoms with Crippen LogP contribution in [0.3, 0.4) is 0 Å². The monoisotopic (exact) mass is 503 g/mol. The Morgan fingerprint density at radius 1 is 1.09 bits per heavy atom. The fraction of sp³-hybridized carbons (Fsp3) is 0.160. The molecular formula is C25H22ClN7OS. The number of hydrogen-bond donors (Lipinski definition) is 2. The summed E-state index contributed by atoms with van der Waals surface area (Å²) in [5.41, 5.74) is 7.97. The fourth-order valence-electron chi connectivity index (χ4n) is 3.77. The number of nitrogens with one attached hydrogen (secondary N) is 2. The molecule has 4 aromatic rings. The van der Waals surface area contributed by atoms with Crippen LogP contribution in [0.25, 0.3) is 22.5 Å². The summed E-state index contributed by atoms with van der Waals surface area (Å²) >= 11 is 7.60. The second-order valence-electron chi connectivity index (χ2n) is 7.92. The lowest BCUT2D eigenvalue weighted by molar-refractivity contribution is 0.100. The van der Waals surface area contributed by atoms with E-state index in [1.54, 1.807) is 36.0 Å². The van der Waals surface area contributed by atoms with Crippen molar-refractivity contribution in [3.05, 3.63) is 88.9 Å². The third-order valence-corrected chi connectivity index (χ3v) is 7.02. The zero-order chi connectivity index (χ0) is 24.2. The number of benzene rings is 3.